The Morgan fingerprint density at radius 1 is 1.02 bits per heavy atom. The molecule has 2 aromatic carbocycles. The molecule has 1 fully saturated rings. The molecule has 0 radical (unpaired) electrons. The van der Waals surface area contributed by atoms with Crippen LogP contribution in [0.3, 0.4) is 0 Å². The standard InChI is InChI=1S/C28H30N4O6S2/c1-18-15-31(16-19(2)38-18)40(34,35)22-10-8-20(9-11-22)27(33)32(17-21-7-5-6-14-29-21)28-30-25-23(36-3)12-13-24(37-4)26(25)39-28/h5-14,18-19H,15-17H2,1-4H3. The summed E-state index contributed by atoms with van der Waals surface area (Å²) in [5.41, 5.74) is 1.57. The van der Waals surface area contributed by atoms with Gasteiger partial charge in [0.25, 0.3) is 5.91 Å². The predicted molar refractivity (Wildman–Crippen MR) is 153 cm³/mol. The molecule has 0 bridgehead atoms. The number of carbonyl (C=O) groups is 1. The molecule has 1 aliphatic heterocycles. The van der Waals surface area contributed by atoms with Crippen molar-refractivity contribution in [3.8, 4) is 11.5 Å². The fourth-order valence-corrected chi connectivity index (χ4v) is 7.33. The molecule has 2 unspecified atom stereocenters. The van der Waals surface area contributed by atoms with Gasteiger partial charge in [-0.25, -0.2) is 13.4 Å². The lowest BCUT2D eigenvalue weighted by molar-refractivity contribution is -0.0440. The van der Waals surface area contributed by atoms with Crippen molar-refractivity contribution < 1.29 is 27.4 Å². The van der Waals surface area contributed by atoms with Gasteiger partial charge in [-0.2, -0.15) is 4.31 Å². The van der Waals surface area contributed by atoms with Crippen LogP contribution in [0.25, 0.3) is 10.2 Å². The molecule has 4 aromatic rings. The average molecular weight is 583 g/mol. The summed E-state index contributed by atoms with van der Waals surface area (Å²) in [5, 5.41) is 0.432. The average Bonchev–Trinajstić information content (AvgIpc) is 3.40. The van der Waals surface area contributed by atoms with Crippen molar-refractivity contribution in [1.29, 1.82) is 0 Å². The number of thiazole rings is 1. The Bertz CT molecular complexity index is 1560. The summed E-state index contributed by atoms with van der Waals surface area (Å²) >= 11 is 1.30. The molecule has 0 aliphatic carbocycles. The van der Waals surface area contributed by atoms with E-state index in [0.717, 1.165) is 4.70 Å². The maximum atomic E-state index is 13.9. The maximum Gasteiger partial charge on any atom is 0.260 e. The van der Waals surface area contributed by atoms with E-state index in [2.05, 4.69) is 4.98 Å². The van der Waals surface area contributed by atoms with E-state index in [1.54, 1.807) is 38.6 Å². The molecule has 1 saturated heterocycles. The lowest BCUT2D eigenvalue weighted by Crippen LogP contribution is -2.48. The molecule has 1 aliphatic rings. The van der Waals surface area contributed by atoms with E-state index < -0.39 is 10.0 Å². The Kier molecular flexibility index (Phi) is 8.04. The van der Waals surface area contributed by atoms with E-state index in [1.807, 2.05) is 26.0 Å². The smallest absolute Gasteiger partial charge is 0.260 e. The van der Waals surface area contributed by atoms with Crippen molar-refractivity contribution in [3.05, 3.63) is 72.1 Å². The number of morpholine rings is 1. The Balaban J connectivity index is 1.50. The molecule has 12 heteroatoms. The van der Waals surface area contributed by atoms with Crippen molar-refractivity contribution in [2.45, 2.75) is 37.5 Å². The van der Waals surface area contributed by atoms with Crippen LogP contribution in [0.4, 0.5) is 5.13 Å². The number of rotatable bonds is 8. The van der Waals surface area contributed by atoms with Gasteiger partial charge in [0.05, 0.1) is 43.6 Å². The molecule has 5 rings (SSSR count). The number of hydrogen-bond acceptors (Lipinski definition) is 9. The van der Waals surface area contributed by atoms with Crippen molar-refractivity contribution in [2.75, 3.05) is 32.2 Å². The summed E-state index contributed by atoms with van der Waals surface area (Å²) in [6, 6.07) is 15.0. The van der Waals surface area contributed by atoms with Gasteiger partial charge in [0.1, 0.15) is 21.7 Å². The number of pyridine rings is 1. The third-order valence-electron chi connectivity index (χ3n) is 6.55. The molecule has 1 amide bonds. The summed E-state index contributed by atoms with van der Waals surface area (Å²) in [4.78, 5) is 24.7. The fourth-order valence-electron chi connectivity index (χ4n) is 4.67. The first-order valence-electron chi connectivity index (χ1n) is 12.7. The highest BCUT2D eigenvalue weighted by molar-refractivity contribution is 7.89. The third kappa shape index (κ3) is 5.52. The number of benzene rings is 2. The molecule has 0 spiro atoms. The molecule has 2 aromatic heterocycles. The molecule has 210 valence electrons. The van der Waals surface area contributed by atoms with Crippen molar-refractivity contribution >= 4 is 42.6 Å². The fraction of sp³-hybridized carbons (Fsp3) is 0.321. The van der Waals surface area contributed by atoms with Crippen LogP contribution in [0.15, 0.2) is 65.7 Å². The van der Waals surface area contributed by atoms with Crippen LogP contribution in [0.2, 0.25) is 0 Å². The van der Waals surface area contributed by atoms with Crippen LogP contribution < -0.4 is 14.4 Å². The number of amides is 1. The second-order valence-electron chi connectivity index (χ2n) is 9.46. The molecule has 10 nitrogen and oxygen atoms in total. The first-order valence-corrected chi connectivity index (χ1v) is 15.0. The lowest BCUT2D eigenvalue weighted by atomic mass is 10.2. The van der Waals surface area contributed by atoms with Crippen molar-refractivity contribution in [2.24, 2.45) is 0 Å². The zero-order valence-corrected chi connectivity index (χ0v) is 24.2. The Hall–Kier alpha value is -3.58. The maximum absolute atomic E-state index is 13.9. The second-order valence-corrected chi connectivity index (χ2v) is 12.4. The summed E-state index contributed by atoms with van der Waals surface area (Å²) in [7, 11) is -0.609. The summed E-state index contributed by atoms with van der Waals surface area (Å²) in [6.45, 7) is 4.41. The zero-order valence-electron chi connectivity index (χ0n) is 22.6. The number of fused-ring (bicyclic) bond motifs is 1. The highest BCUT2D eigenvalue weighted by Crippen LogP contribution is 2.40. The number of sulfonamides is 1. The summed E-state index contributed by atoms with van der Waals surface area (Å²) in [5.74, 6) is 0.830. The minimum Gasteiger partial charge on any atom is -0.495 e. The van der Waals surface area contributed by atoms with Gasteiger partial charge in [-0.3, -0.25) is 14.7 Å². The Morgan fingerprint density at radius 3 is 2.33 bits per heavy atom. The number of methoxy groups -OCH3 is 2. The predicted octanol–water partition coefficient (Wildman–Crippen LogP) is 4.35. The number of aromatic nitrogens is 2. The van der Waals surface area contributed by atoms with Gasteiger partial charge in [0.2, 0.25) is 10.0 Å². The number of anilines is 1. The van der Waals surface area contributed by atoms with Gasteiger partial charge in [-0.15, -0.1) is 0 Å². The van der Waals surface area contributed by atoms with Gasteiger partial charge in [-0.05, 0) is 62.4 Å². The monoisotopic (exact) mass is 582 g/mol. The summed E-state index contributed by atoms with van der Waals surface area (Å²) in [6.07, 6.45) is 1.26. The van der Waals surface area contributed by atoms with Crippen molar-refractivity contribution in [1.82, 2.24) is 14.3 Å². The van der Waals surface area contributed by atoms with Crippen LogP contribution in [0.1, 0.15) is 29.9 Å². The second kappa shape index (κ2) is 11.5. The van der Waals surface area contributed by atoms with Gasteiger partial charge < -0.3 is 14.2 Å². The van der Waals surface area contributed by atoms with Crippen LogP contribution in [0, 0.1) is 0 Å². The molecular weight excluding hydrogens is 552 g/mol. The van der Waals surface area contributed by atoms with Crippen LogP contribution in [-0.2, 0) is 21.3 Å². The molecule has 2 atom stereocenters. The molecular formula is C28H30N4O6S2. The first kappa shape index (κ1) is 28.0. The number of hydrogen-bond donors (Lipinski definition) is 0. The lowest BCUT2D eigenvalue weighted by Gasteiger charge is -2.34. The van der Waals surface area contributed by atoms with Crippen LogP contribution in [-0.4, -0.2) is 68.1 Å². The van der Waals surface area contributed by atoms with E-state index >= 15 is 0 Å². The SMILES string of the molecule is COc1ccc(OC)c2sc(N(Cc3ccccn3)C(=O)c3ccc(S(=O)(=O)N4CC(C)OC(C)C4)cc3)nc12. The number of carbonyl (C=O) groups excluding carboxylic acids is 1. The van der Waals surface area contributed by atoms with E-state index in [4.69, 9.17) is 19.2 Å². The number of ether oxygens (including phenoxy) is 3. The topological polar surface area (TPSA) is 111 Å². The van der Waals surface area contributed by atoms with Gasteiger partial charge in [0.15, 0.2) is 5.13 Å². The quantitative estimate of drug-likeness (QED) is 0.302. The summed E-state index contributed by atoms with van der Waals surface area (Å²) < 4.78 is 45.5. The van der Waals surface area contributed by atoms with Crippen LogP contribution >= 0.6 is 11.3 Å². The zero-order chi connectivity index (χ0) is 28.4. The van der Waals surface area contributed by atoms with E-state index in [1.165, 1.54) is 44.8 Å². The first-order chi connectivity index (χ1) is 19.2. The van der Waals surface area contributed by atoms with Gasteiger partial charge in [-0.1, -0.05) is 17.4 Å². The largest absolute Gasteiger partial charge is 0.495 e. The number of nitrogens with zero attached hydrogens (tertiary/aromatic N) is 4. The Labute approximate surface area is 237 Å². The third-order valence-corrected chi connectivity index (χ3v) is 9.49. The highest BCUT2D eigenvalue weighted by atomic mass is 32.2. The Morgan fingerprint density at radius 2 is 1.70 bits per heavy atom. The van der Waals surface area contributed by atoms with E-state index in [-0.39, 0.29) is 42.6 Å². The molecule has 3 heterocycles. The highest BCUT2D eigenvalue weighted by Gasteiger charge is 2.32. The molecule has 0 N–H and O–H groups in total. The minimum absolute atomic E-state index is 0.121. The minimum atomic E-state index is -3.74. The van der Waals surface area contributed by atoms with Crippen molar-refractivity contribution in [3.63, 3.8) is 0 Å². The molecule has 0 saturated carbocycles. The normalized spacial score (nSPS) is 18.0. The van der Waals surface area contributed by atoms with Gasteiger partial charge in [0, 0.05) is 24.8 Å². The van der Waals surface area contributed by atoms with E-state index in [0.29, 0.717) is 33.4 Å². The van der Waals surface area contributed by atoms with Gasteiger partial charge >= 0.3 is 0 Å². The molecule has 40 heavy (non-hydrogen) atoms. The van der Waals surface area contributed by atoms with E-state index in [9.17, 15) is 13.2 Å². The van der Waals surface area contributed by atoms with Crippen LogP contribution in [0.5, 0.6) is 11.5 Å².